The molecular weight excluding hydrogens is 271 g/mol. The highest BCUT2D eigenvalue weighted by Crippen LogP contribution is 2.40. The largest absolute Gasteiger partial charge is 0.335 e. The van der Waals surface area contributed by atoms with Gasteiger partial charge >= 0.3 is 5.69 Å². The average molecular weight is 286 g/mol. The molecule has 1 aliphatic heterocycles. The fourth-order valence-corrected chi connectivity index (χ4v) is 2.93. The molecule has 21 heavy (non-hydrogen) atoms. The van der Waals surface area contributed by atoms with Crippen molar-refractivity contribution in [2.45, 2.75) is 13.3 Å². The number of anilines is 2. The van der Waals surface area contributed by atoms with Crippen LogP contribution in [0, 0.1) is 21.8 Å². The van der Waals surface area contributed by atoms with E-state index in [1.54, 1.807) is 6.07 Å². The third-order valence-corrected chi connectivity index (χ3v) is 3.78. The van der Waals surface area contributed by atoms with Gasteiger partial charge in [-0.25, -0.2) is 0 Å². The smallest absolute Gasteiger partial charge is 0.328 e. The topological polar surface area (TPSA) is 46.4 Å². The molecule has 0 spiro atoms. The lowest BCUT2D eigenvalue weighted by atomic mass is 9.93. The third kappa shape index (κ3) is 2.35. The van der Waals surface area contributed by atoms with Crippen molar-refractivity contribution in [2.24, 2.45) is 5.92 Å². The van der Waals surface area contributed by atoms with Crippen LogP contribution in [0.3, 0.4) is 0 Å². The summed E-state index contributed by atoms with van der Waals surface area (Å²) in [5.74, 6) is -0.448. The van der Waals surface area contributed by atoms with Crippen molar-refractivity contribution >= 4 is 17.1 Å². The number of fused-ring (bicyclic) bond motifs is 1. The lowest BCUT2D eigenvalue weighted by Gasteiger charge is -2.34. The number of benzene rings is 2. The van der Waals surface area contributed by atoms with E-state index < -0.39 is 16.4 Å². The molecule has 2 aromatic rings. The van der Waals surface area contributed by atoms with Gasteiger partial charge in [-0.15, -0.1) is 0 Å². The molecular formula is C16H15FN2O2. The molecule has 4 nitrogen and oxygen atoms in total. The SMILES string of the molecule is CC1Cc2ccccc2N(c2cccc(F)c2[N+](=O)[O-])C1. The molecule has 0 bridgehead atoms. The van der Waals surface area contributed by atoms with E-state index in [0.29, 0.717) is 18.2 Å². The average Bonchev–Trinajstić information content (AvgIpc) is 2.45. The summed E-state index contributed by atoms with van der Waals surface area (Å²) in [7, 11) is 0. The molecule has 1 aliphatic rings. The zero-order valence-corrected chi connectivity index (χ0v) is 11.6. The summed E-state index contributed by atoms with van der Waals surface area (Å²) >= 11 is 0. The molecule has 108 valence electrons. The first kappa shape index (κ1) is 13.5. The lowest BCUT2D eigenvalue weighted by Crippen LogP contribution is -2.31. The predicted octanol–water partition coefficient (Wildman–Crippen LogP) is 4.06. The number of nitro benzene ring substituents is 1. The van der Waals surface area contributed by atoms with Gasteiger partial charge in [-0.05, 0) is 36.1 Å². The van der Waals surface area contributed by atoms with E-state index in [4.69, 9.17) is 0 Å². The number of nitrogens with zero attached hydrogens (tertiary/aromatic N) is 2. The van der Waals surface area contributed by atoms with Crippen molar-refractivity contribution in [3.8, 4) is 0 Å². The monoisotopic (exact) mass is 286 g/mol. The summed E-state index contributed by atoms with van der Waals surface area (Å²) in [6.45, 7) is 2.73. The van der Waals surface area contributed by atoms with Crippen LogP contribution in [-0.4, -0.2) is 11.5 Å². The summed E-state index contributed by atoms with van der Waals surface area (Å²) in [5, 5.41) is 11.2. The Morgan fingerprint density at radius 3 is 2.67 bits per heavy atom. The van der Waals surface area contributed by atoms with Gasteiger partial charge in [0.05, 0.1) is 4.92 Å². The van der Waals surface area contributed by atoms with E-state index in [2.05, 4.69) is 6.92 Å². The number of hydrogen-bond acceptors (Lipinski definition) is 3. The second-order valence-electron chi connectivity index (χ2n) is 5.41. The van der Waals surface area contributed by atoms with E-state index >= 15 is 0 Å². The highest BCUT2D eigenvalue weighted by atomic mass is 19.1. The van der Waals surface area contributed by atoms with E-state index in [1.165, 1.54) is 6.07 Å². The van der Waals surface area contributed by atoms with Gasteiger partial charge in [-0.2, -0.15) is 4.39 Å². The van der Waals surface area contributed by atoms with Gasteiger partial charge in [0, 0.05) is 12.2 Å². The van der Waals surface area contributed by atoms with Gasteiger partial charge in [-0.3, -0.25) is 10.1 Å². The summed E-state index contributed by atoms with van der Waals surface area (Å²) in [4.78, 5) is 12.4. The highest BCUT2D eigenvalue weighted by molar-refractivity contribution is 5.75. The zero-order chi connectivity index (χ0) is 15.0. The Morgan fingerprint density at radius 2 is 1.90 bits per heavy atom. The van der Waals surface area contributed by atoms with Crippen molar-refractivity contribution < 1.29 is 9.31 Å². The van der Waals surface area contributed by atoms with Gasteiger partial charge in [-0.1, -0.05) is 31.2 Å². The van der Waals surface area contributed by atoms with Crippen molar-refractivity contribution in [3.05, 3.63) is 64.0 Å². The first-order chi connectivity index (χ1) is 10.1. The predicted molar refractivity (Wildman–Crippen MR) is 79.4 cm³/mol. The van der Waals surface area contributed by atoms with Crippen LogP contribution in [0.1, 0.15) is 12.5 Å². The quantitative estimate of drug-likeness (QED) is 0.617. The van der Waals surface area contributed by atoms with Gasteiger partial charge < -0.3 is 4.90 Å². The van der Waals surface area contributed by atoms with Gasteiger partial charge in [0.25, 0.3) is 0 Å². The number of para-hydroxylation sites is 2. The molecule has 2 aromatic carbocycles. The number of nitro groups is 1. The minimum atomic E-state index is -0.798. The maximum Gasteiger partial charge on any atom is 0.328 e. The van der Waals surface area contributed by atoms with Crippen LogP contribution in [0.15, 0.2) is 42.5 Å². The van der Waals surface area contributed by atoms with Crippen LogP contribution in [0.5, 0.6) is 0 Å². The van der Waals surface area contributed by atoms with Crippen LogP contribution in [0.4, 0.5) is 21.5 Å². The second kappa shape index (κ2) is 5.16. The minimum Gasteiger partial charge on any atom is -0.335 e. The molecule has 1 atom stereocenters. The Morgan fingerprint density at radius 1 is 1.19 bits per heavy atom. The van der Waals surface area contributed by atoms with Crippen LogP contribution in [0.25, 0.3) is 0 Å². The molecule has 1 unspecified atom stereocenters. The fourth-order valence-electron chi connectivity index (χ4n) is 2.93. The molecule has 0 fully saturated rings. The van der Waals surface area contributed by atoms with Crippen molar-refractivity contribution in [1.82, 2.24) is 0 Å². The first-order valence-electron chi connectivity index (χ1n) is 6.86. The minimum absolute atomic E-state index is 0.319. The Kier molecular flexibility index (Phi) is 3.33. The molecule has 0 aliphatic carbocycles. The first-order valence-corrected chi connectivity index (χ1v) is 6.86. The lowest BCUT2D eigenvalue weighted by molar-refractivity contribution is -0.386. The van der Waals surface area contributed by atoms with Crippen molar-refractivity contribution in [2.75, 3.05) is 11.4 Å². The Bertz CT molecular complexity index is 702. The van der Waals surface area contributed by atoms with Crippen LogP contribution < -0.4 is 4.90 Å². The highest BCUT2D eigenvalue weighted by Gasteiger charge is 2.29. The zero-order valence-electron chi connectivity index (χ0n) is 11.6. The third-order valence-electron chi connectivity index (χ3n) is 3.78. The molecule has 0 aromatic heterocycles. The fraction of sp³-hybridized carbons (Fsp3) is 0.250. The number of hydrogen-bond donors (Lipinski definition) is 0. The molecule has 0 saturated carbocycles. The summed E-state index contributed by atoms with van der Waals surface area (Å²) in [6.07, 6.45) is 0.926. The van der Waals surface area contributed by atoms with Crippen molar-refractivity contribution in [1.29, 1.82) is 0 Å². The summed E-state index contributed by atoms with van der Waals surface area (Å²) < 4.78 is 13.9. The number of halogens is 1. The van der Waals surface area contributed by atoms with Gasteiger partial charge in [0.2, 0.25) is 5.82 Å². The van der Waals surface area contributed by atoms with E-state index in [-0.39, 0.29) is 0 Å². The van der Waals surface area contributed by atoms with E-state index in [0.717, 1.165) is 23.7 Å². The molecule has 0 N–H and O–H groups in total. The molecule has 0 amide bonds. The molecule has 0 radical (unpaired) electrons. The Labute approximate surface area is 122 Å². The second-order valence-corrected chi connectivity index (χ2v) is 5.41. The maximum absolute atomic E-state index is 13.9. The van der Waals surface area contributed by atoms with Crippen LogP contribution in [-0.2, 0) is 6.42 Å². The van der Waals surface area contributed by atoms with Crippen LogP contribution in [0.2, 0.25) is 0 Å². The Hall–Kier alpha value is -2.43. The standard InChI is InChI=1S/C16H15FN2O2/c1-11-9-12-5-2-3-7-14(12)18(10-11)15-8-4-6-13(17)16(15)19(20)21/h2-8,11H,9-10H2,1H3. The van der Waals surface area contributed by atoms with E-state index in [1.807, 2.05) is 29.2 Å². The normalized spacial score (nSPS) is 17.4. The van der Waals surface area contributed by atoms with Gasteiger partial charge in [0.15, 0.2) is 0 Å². The maximum atomic E-state index is 13.9. The van der Waals surface area contributed by atoms with E-state index in [9.17, 15) is 14.5 Å². The molecule has 0 saturated heterocycles. The number of rotatable bonds is 2. The van der Waals surface area contributed by atoms with Crippen LogP contribution >= 0.6 is 0 Å². The van der Waals surface area contributed by atoms with Gasteiger partial charge in [0.1, 0.15) is 5.69 Å². The Balaban J connectivity index is 2.18. The van der Waals surface area contributed by atoms with Crippen molar-refractivity contribution in [3.63, 3.8) is 0 Å². The summed E-state index contributed by atoms with van der Waals surface area (Å²) in [5.41, 5.74) is 1.92. The molecule has 1 heterocycles. The summed E-state index contributed by atoms with van der Waals surface area (Å²) in [6, 6.07) is 12.0. The molecule has 5 heteroatoms. The molecule has 3 rings (SSSR count).